The van der Waals surface area contributed by atoms with Crippen LogP contribution in [0.2, 0.25) is 0 Å². The van der Waals surface area contributed by atoms with Crippen LogP contribution in [0.15, 0.2) is 18.2 Å². The second-order valence-corrected chi connectivity index (χ2v) is 4.97. The van der Waals surface area contributed by atoms with Crippen molar-refractivity contribution in [1.82, 2.24) is 0 Å². The number of piperidine rings is 1. The van der Waals surface area contributed by atoms with Crippen molar-refractivity contribution in [2.75, 3.05) is 29.9 Å². The molecule has 5 heteroatoms. The fourth-order valence-electron chi connectivity index (χ4n) is 2.41. The molecule has 0 unspecified atom stereocenters. The number of nitro groups is 1. The second kappa shape index (κ2) is 6.41. The summed E-state index contributed by atoms with van der Waals surface area (Å²) in [5, 5.41) is 14.3. The first kappa shape index (κ1) is 13.6. The van der Waals surface area contributed by atoms with Crippen LogP contribution < -0.4 is 10.2 Å². The molecule has 1 N–H and O–H groups in total. The van der Waals surface area contributed by atoms with Gasteiger partial charge < -0.3 is 10.2 Å². The lowest BCUT2D eigenvalue weighted by Gasteiger charge is -2.29. The lowest BCUT2D eigenvalue weighted by atomic mass is 10.1. The Morgan fingerprint density at radius 1 is 1.26 bits per heavy atom. The number of benzene rings is 1. The van der Waals surface area contributed by atoms with Crippen LogP contribution in [-0.2, 0) is 0 Å². The van der Waals surface area contributed by atoms with Crippen LogP contribution in [0.3, 0.4) is 0 Å². The molecule has 1 aliphatic heterocycles. The molecule has 1 aliphatic rings. The van der Waals surface area contributed by atoms with Crippen LogP contribution >= 0.6 is 0 Å². The quantitative estimate of drug-likeness (QED) is 0.653. The van der Waals surface area contributed by atoms with Crippen molar-refractivity contribution in [2.24, 2.45) is 0 Å². The lowest BCUT2D eigenvalue weighted by molar-refractivity contribution is -0.384. The standard InChI is InChI=1S/C14H21N3O2/c1-2-6-15-12-9-13(11-14(10-12)17(18)19)16-7-4-3-5-8-16/h9-11,15H,2-8H2,1H3. The van der Waals surface area contributed by atoms with Gasteiger partial charge >= 0.3 is 0 Å². The van der Waals surface area contributed by atoms with Gasteiger partial charge in [-0.25, -0.2) is 0 Å². The number of anilines is 2. The maximum absolute atomic E-state index is 11.0. The Hall–Kier alpha value is -1.78. The average Bonchev–Trinajstić information content (AvgIpc) is 2.45. The minimum Gasteiger partial charge on any atom is -0.385 e. The van der Waals surface area contributed by atoms with E-state index in [1.165, 1.54) is 19.3 Å². The molecule has 19 heavy (non-hydrogen) atoms. The summed E-state index contributed by atoms with van der Waals surface area (Å²) in [6.45, 7) is 4.90. The summed E-state index contributed by atoms with van der Waals surface area (Å²) in [7, 11) is 0. The zero-order valence-electron chi connectivity index (χ0n) is 11.4. The Bertz CT molecular complexity index is 442. The van der Waals surface area contributed by atoms with Crippen LogP contribution in [0.25, 0.3) is 0 Å². The molecule has 0 radical (unpaired) electrons. The molecule has 104 valence electrons. The van der Waals surface area contributed by atoms with Crippen LogP contribution in [-0.4, -0.2) is 24.6 Å². The molecular weight excluding hydrogens is 242 g/mol. The number of nitrogens with one attached hydrogen (secondary N) is 1. The zero-order valence-corrected chi connectivity index (χ0v) is 11.4. The van der Waals surface area contributed by atoms with Crippen LogP contribution in [0.5, 0.6) is 0 Å². The molecule has 1 aromatic carbocycles. The van der Waals surface area contributed by atoms with E-state index in [2.05, 4.69) is 17.1 Å². The number of nitrogens with zero attached hydrogens (tertiary/aromatic N) is 2. The topological polar surface area (TPSA) is 58.4 Å². The van der Waals surface area contributed by atoms with Crippen molar-refractivity contribution >= 4 is 17.1 Å². The molecule has 0 atom stereocenters. The van der Waals surface area contributed by atoms with Gasteiger partial charge in [0.2, 0.25) is 0 Å². The van der Waals surface area contributed by atoms with E-state index in [-0.39, 0.29) is 10.6 Å². The van der Waals surface area contributed by atoms with Gasteiger partial charge in [0.25, 0.3) is 5.69 Å². The largest absolute Gasteiger partial charge is 0.385 e. The van der Waals surface area contributed by atoms with Gasteiger partial charge in [0, 0.05) is 43.1 Å². The first-order valence-corrected chi connectivity index (χ1v) is 6.99. The fraction of sp³-hybridized carbons (Fsp3) is 0.571. The van der Waals surface area contributed by atoms with E-state index in [1.807, 2.05) is 6.07 Å². The smallest absolute Gasteiger partial charge is 0.273 e. The molecule has 0 spiro atoms. The molecule has 2 rings (SSSR count). The minimum absolute atomic E-state index is 0.168. The van der Waals surface area contributed by atoms with E-state index >= 15 is 0 Å². The first-order valence-electron chi connectivity index (χ1n) is 6.99. The van der Waals surface area contributed by atoms with Crippen molar-refractivity contribution in [3.63, 3.8) is 0 Å². The third-order valence-electron chi connectivity index (χ3n) is 3.41. The Morgan fingerprint density at radius 2 is 2.00 bits per heavy atom. The summed E-state index contributed by atoms with van der Waals surface area (Å²) >= 11 is 0. The Morgan fingerprint density at radius 3 is 2.63 bits per heavy atom. The van der Waals surface area contributed by atoms with Crippen molar-refractivity contribution in [3.8, 4) is 0 Å². The summed E-state index contributed by atoms with van der Waals surface area (Å²) in [6, 6.07) is 5.32. The summed E-state index contributed by atoms with van der Waals surface area (Å²) in [5.41, 5.74) is 1.98. The molecule has 1 fully saturated rings. The minimum atomic E-state index is -0.315. The van der Waals surface area contributed by atoms with Gasteiger partial charge in [0.1, 0.15) is 0 Å². The average molecular weight is 263 g/mol. The monoisotopic (exact) mass is 263 g/mol. The van der Waals surface area contributed by atoms with Crippen LogP contribution in [0.1, 0.15) is 32.6 Å². The summed E-state index contributed by atoms with van der Waals surface area (Å²) in [4.78, 5) is 12.9. The van der Waals surface area contributed by atoms with Gasteiger partial charge in [-0.1, -0.05) is 6.92 Å². The van der Waals surface area contributed by atoms with Crippen LogP contribution in [0.4, 0.5) is 17.1 Å². The predicted octanol–water partition coefficient (Wildman–Crippen LogP) is 3.41. The van der Waals surface area contributed by atoms with E-state index in [4.69, 9.17) is 0 Å². The molecule has 0 saturated carbocycles. The zero-order chi connectivity index (χ0) is 13.7. The Kier molecular flexibility index (Phi) is 4.60. The normalized spacial score (nSPS) is 15.3. The van der Waals surface area contributed by atoms with Gasteiger partial charge in [-0.3, -0.25) is 10.1 Å². The molecule has 1 heterocycles. The van der Waals surface area contributed by atoms with Crippen molar-refractivity contribution in [1.29, 1.82) is 0 Å². The molecule has 1 saturated heterocycles. The molecule has 0 aromatic heterocycles. The van der Waals surface area contributed by atoms with Gasteiger partial charge in [-0.15, -0.1) is 0 Å². The van der Waals surface area contributed by atoms with E-state index in [1.54, 1.807) is 12.1 Å². The van der Waals surface area contributed by atoms with Crippen molar-refractivity contribution in [2.45, 2.75) is 32.6 Å². The van der Waals surface area contributed by atoms with Crippen molar-refractivity contribution in [3.05, 3.63) is 28.3 Å². The highest BCUT2D eigenvalue weighted by Crippen LogP contribution is 2.28. The Balaban J connectivity index is 2.24. The second-order valence-electron chi connectivity index (χ2n) is 4.97. The van der Waals surface area contributed by atoms with E-state index in [0.29, 0.717) is 0 Å². The molecule has 1 aromatic rings. The SMILES string of the molecule is CCCNc1cc(N2CCCCC2)cc([N+](=O)[O-])c1. The van der Waals surface area contributed by atoms with Gasteiger partial charge in [0.05, 0.1) is 4.92 Å². The maximum Gasteiger partial charge on any atom is 0.273 e. The highest BCUT2D eigenvalue weighted by Gasteiger charge is 2.16. The summed E-state index contributed by atoms with van der Waals surface area (Å²) < 4.78 is 0. The molecule has 0 amide bonds. The predicted molar refractivity (Wildman–Crippen MR) is 77.9 cm³/mol. The van der Waals surface area contributed by atoms with Gasteiger partial charge in [0.15, 0.2) is 0 Å². The maximum atomic E-state index is 11.0. The van der Waals surface area contributed by atoms with E-state index in [0.717, 1.165) is 37.4 Å². The lowest BCUT2D eigenvalue weighted by Crippen LogP contribution is -2.29. The highest BCUT2D eigenvalue weighted by molar-refractivity contribution is 5.64. The summed E-state index contributed by atoms with van der Waals surface area (Å²) in [5.74, 6) is 0. The Labute approximate surface area is 113 Å². The third kappa shape index (κ3) is 3.59. The van der Waals surface area contributed by atoms with E-state index < -0.39 is 0 Å². The number of hydrogen-bond donors (Lipinski definition) is 1. The number of hydrogen-bond acceptors (Lipinski definition) is 4. The third-order valence-corrected chi connectivity index (χ3v) is 3.41. The van der Waals surface area contributed by atoms with E-state index in [9.17, 15) is 10.1 Å². The highest BCUT2D eigenvalue weighted by atomic mass is 16.6. The molecule has 0 aliphatic carbocycles. The number of rotatable bonds is 5. The van der Waals surface area contributed by atoms with Crippen molar-refractivity contribution < 1.29 is 4.92 Å². The molecule has 5 nitrogen and oxygen atoms in total. The number of non-ortho nitro benzene ring substituents is 1. The van der Waals surface area contributed by atoms with Gasteiger partial charge in [-0.2, -0.15) is 0 Å². The fourth-order valence-corrected chi connectivity index (χ4v) is 2.41. The van der Waals surface area contributed by atoms with Gasteiger partial charge in [-0.05, 0) is 31.7 Å². The first-order chi connectivity index (χ1) is 9.20. The molecular formula is C14H21N3O2. The summed E-state index contributed by atoms with van der Waals surface area (Å²) in [6.07, 6.45) is 4.59. The number of nitro benzene ring substituents is 1. The van der Waals surface area contributed by atoms with Crippen LogP contribution in [0, 0.1) is 10.1 Å². The molecule has 0 bridgehead atoms.